The van der Waals surface area contributed by atoms with Crippen LogP contribution in [0.5, 0.6) is 11.5 Å². The van der Waals surface area contributed by atoms with Gasteiger partial charge in [0.15, 0.2) is 0 Å². The minimum atomic E-state index is -0.892. The molecule has 0 atom stereocenters. The number of nitrogens with one attached hydrogen (secondary N) is 2. The molecule has 0 radical (unpaired) electrons. The van der Waals surface area contributed by atoms with Crippen LogP contribution in [0.1, 0.15) is 0 Å². The van der Waals surface area contributed by atoms with Crippen molar-refractivity contribution in [1.82, 2.24) is 0 Å². The molecule has 0 unspecified atom stereocenters. The molecule has 2 aromatic carbocycles. The summed E-state index contributed by atoms with van der Waals surface area (Å²) in [6.07, 6.45) is 0. The average molecular weight is 369 g/mol. The molecule has 0 bridgehead atoms. The number of rotatable bonds is 4. The summed E-state index contributed by atoms with van der Waals surface area (Å²) in [5, 5.41) is 5.28. The highest BCUT2D eigenvalue weighted by Crippen LogP contribution is 2.30. The molecule has 0 heterocycles. The first-order valence-electron chi connectivity index (χ1n) is 6.74. The first kappa shape index (κ1) is 17.9. The van der Waals surface area contributed by atoms with Crippen LogP contribution in [0.2, 0.25) is 10.0 Å². The van der Waals surface area contributed by atoms with Crippen LogP contribution in [-0.2, 0) is 9.59 Å². The molecule has 0 aliphatic heterocycles. The molecular weight excluding hydrogens is 355 g/mol. The van der Waals surface area contributed by atoms with Gasteiger partial charge >= 0.3 is 11.8 Å². The molecule has 0 aliphatic rings. The molecular formula is C16H14Cl2N2O4. The maximum absolute atomic E-state index is 12.0. The van der Waals surface area contributed by atoms with Crippen molar-refractivity contribution >= 4 is 46.4 Å². The van der Waals surface area contributed by atoms with E-state index in [4.69, 9.17) is 32.7 Å². The highest BCUT2D eigenvalue weighted by atomic mass is 35.5. The van der Waals surface area contributed by atoms with Crippen LogP contribution in [0.15, 0.2) is 36.4 Å². The Bertz CT molecular complexity index is 781. The summed E-state index contributed by atoms with van der Waals surface area (Å²) in [5.74, 6) is -0.858. The molecule has 0 saturated carbocycles. The number of hydrogen-bond acceptors (Lipinski definition) is 4. The predicted molar refractivity (Wildman–Crippen MR) is 93.3 cm³/mol. The number of methoxy groups -OCH3 is 2. The lowest BCUT2D eigenvalue weighted by Gasteiger charge is -2.12. The molecule has 2 aromatic rings. The van der Waals surface area contributed by atoms with Crippen LogP contribution in [0.3, 0.4) is 0 Å². The van der Waals surface area contributed by atoms with Gasteiger partial charge in [0.25, 0.3) is 0 Å². The van der Waals surface area contributed by atoms with E-state index in [1.165, 1.54) is 20.3 Å². The number of ether oxygens (including phenoxy) is 2. The van der Waals surface area contributed by atoms with E-state index in [0.717, 1.165) is 0 Å². The van der Waals surface area contributed by atoms with Gasteiger partial charge in [0.2, 0.25) is 0 Å². The van der Waals surface area contributed by atoms with Crippen molar-refractivity contribution in [1.29, 1.82) is 0 Å². The maximum atomic E-state index is 12.0. The topological polar surface area (TPSA) is 76.7 Å². The molecule has 0 fully saturated rings. The summed E-state index contributed by atoms with van der Waals surface area (Å²) in [6, 6.07) is 9.49. The van der Waals surface area contributed by atoms with Crippen LogP contribution in [0.4, 0.5) is 11.4 Å². The first-order chi connectivity index (χ1) is 11.5. The minimum Gasteiger partial charge on any atom is -0.497 e. The van der Waals surface area contributed by atoms with Crippen LogP contribution < -0.4 is 20.1 Å². The quantitative estimate of drug-likeness (QED) is 0.808. The molecule has 2 amide bonds. The van der Waals surface area contributed by atoms with Crippen molar-refractivity contribution in [3.8, 4) is 11.5 Å². The van der Waals surface area contributed by atoms with Crippen LogP contribution in [0.25, 0.3) is 0 Å². The van der Waals surface area contributed by atoms with Crippen LogP contribution >= 0.6 is 23.2 Å². The van der Waals surface area contributed by atoms with Crippen molar-refractivity contribution in [3.05, 3.63) is 46.4 Å². The van der Waals surface area contributed by atoms with E-state index in [1.54, 1.807) is 30.3 Å². The summed E-state index contributed by atoms with van der Waals surface area (Å²) in [7, 11) is 2.95. The van der Waals surface area contributed by atoms with E-state index in [0.29, 0.717) is 17.2 Å². The molecule has 0 aromatic heterocycles. The molecule has 2 N–H and O–H groups in total. The zero-order valence-corrected chi connectivity index (χ0v) is 14.4. The molecule has 0 spiro atoms. The van der Waals surface area contributed by atoms with Gasteiger partial charge in [-0.05, 0) is 24.3 Å². The first-order valence-corrected chi connectivity index (χ1v) is 7.50. The van der Waals surface area contributed by atoms with Gasteiger partial charge in [-0.2, -0.15) is 0 Å². The molecule has 0 aliphatic carbocycles. The van der Waals surface area contributed by atoms with Gasteiger partial charge in [-0.25, -0.2) is 0 Å². The zero-order chi connectivity index (χ0) is 17.7. The number of hydrogen-bond donors (Lipinski definition) is 2. The van der Waals surface area contributed by atoms with E-state index >= 15 is 0 Å². The van der Waals surface area contributed by atoms with Crippen molar-refractivity contribution < 1.29 is 19.1 Å². The van der Waals surface area contributed by atoms with Gasteiger partial charge in [0, 0.05) is 6.07 Å². The Morgan fingerprint density at radius 1 is 0.917 bits per heavy atom. The highest BCUT2D eigenvalue weighted by Gasteiger charge is 2.18. The van der Waals surface area contributed by atoms with Gasteiger partial charge in [-0.3, -0.25) is 9.59 Å². The van der Waals surface area contributed by atoms with Gasteiger partial charge in [0.05, 0.1) is 35.6 Å². The summed E-state index contributed by atoms with van der Waals surface area (Å²) >= 11 is 11.8. The monoisotopic (exact) mass is 368 g/mol. The SMILES string of the molecule is COc1ccc(NC(=O)C(=O)Nc2cccc(Cl)c2Cl)c(OC)c1. The van der Waals surface area contributed by atoms with E-state index in [2.05, 4.69) is 10.6 Å². The summed E-state index contributed by atoms with van der Waals surface area (Å²) in [4.78, 5) is 24.1. The summed E-state index contributed by atoms with van der Waals surface area (Å²) in [6.45, 7) is 0. The number of amides is 2. The van der Waals surface area contributed by atoms with Crippen molar-refractivity contribution in [2.24, 2.45) is 0 Å². The fraction of sp³-hybridized carbons (Fsp3) is 0.125. The third-order valence-electron chi connectivity index (χ3n) is 3.06. The van der Waals surface area contributed by atoms with Gasteiger partial charge < -0.3 is 20.1 Å². The zero-order valence-electron chi connectivity index (χ0n) is 12.9. The standard InChI is InChI=1S/C16H14Cl2N2O4/c1-23-9-6-7-11(13(8-9)24-2)19-15(21)16(22)20-12-5-3-4-10(17)14(12)18/h3-8H,1-2H3,(H,19,21)(H,20,22). The Kier molecular flexibility index (Phi) is 5.89. The fourth-order valence-corrected chi connectivity index (χ4v) is 2.21. The Morgan fingerprint density at radius 2 is 1.58 bits per heavy atom. The predicted octanol–water partition coefficient (Wildman–Crippen LogP) is 3.59. The second kappa shape index (κ2) is 7.90. The van der Waals surface area contributed by atoms with E-state index in [-0.39, 0.29) is 15.7 Å². The van der Waals surface area contributed by atoms with Crippen LogP contribution in [0, 0.1) is 0 Å². The second-order valence-corrected chi connectivity index (χ2v) is 5.36. The van der Waals surface area contributed by atoms with Crippen molar-refractivity contribution in [2.45, 2.75) is 0 Å². The molecule has 8 heteroatoms. The Labute approximate surface area is 148 Å². The minimum absolute atomic E-state index is 0.155. The molecule has 2 rings (SSSR count). The Balaban J connectivity index is 2.12. The van der Waals surface area contributed by atoms with E-state index in [1.807, 2.05) is 0 Å². The van der Waals surface area contributed by atoms with Crippen LogP contribution in [-0.4, -0.2) is 26.0 Å². The Hall–Kier alpha value is -2.44. The smallest absolute Gasteiger partial charge is 0.314 e. The fourth-order valence-electron chi connectivity index (χ4n) is 1.86. The molecule has 24 heavy (non-hydrogen) atoms. The third-order valence-corrected chi connectivity index (χ3v) is 3.88. The Morgan fingerprint density at radius 3 is 2.21 bits per heavy atom. The van der Waals surface area contributed by atoms with E-state index < -0.39 is 11.8 Å². The lowest BCUT2D eigenvalue weighted by molar-refractivity contribution is -0.133. The molecule has 6 nitrogen and oxygen atoms in total. The average Bonchev–Trinajstić information content (AvgIpc) is 2.59. The highest BCUT2D eigenvalue weighted by molar-refractivity contribution is 6.47. The number of benzene rings is 2. The van der Waals surface area contributed by atoms with Crippen molar-refractivity contribution in [2.75, 3.05) is 24.9 Å². The van der Waals surface area contributed by atoms with Crippen molar-refractivity contribution in [3.63, 3.8) is 0 Å². The summed E-state index contributed by atoms with van der Waals surface area (Å²) < 4.78 is 10.2. The number of carbonyl (C=O) groups excluding carboxylic acids is 2. The third kappa shape index (κ3) is 4.10. The molecule has 0 saturated heterocycles. The lowest BCUT2D eigenvalue weighted by Crippen LogP contribution is -2.29. The largest absolute Gasteiger partial charge is 0.497 e. The number of halogens is 2. The number of anilines is 2. The summed E-state index contributed by atoms with van der Waals surface area (Å²) in [5.41, 5.74) is 0.571. The van der Waals surface area contributed by atoms with Gasteiger partial charge in [-0.15, -0.1) is 0 Å². The normalized spacial score (nSPS) is 10.0. The van der Waals surface area contributed by atoms with E-state index in [9.17, 15) is 9.59 Å². The lowest BCUT2D eigenvalue weighted by atomic mass is 10.2. The van der Waals surface area contributed by atoms with Gasteiger partial charge in [0.1, 0.15) is 11.5 Å². The second-order valence-electron chi connectivity index (χ2n) is 4.58. The van der Waals surface area contributed by atoms with Gasteiger partial charge in [-0.1, -0.05) is 29.3 Å². The molecule has 126 valence electrons. The number of carbonyl (C=O) groups is 2. The maximum Gasteiger partial charge on any atom is 0.314 e.